The van der Waals surface area contributed by atoms with Gasteiger partial charge in [0.25, 0.3) is 4.96 Å². The molecule has 3 heterocycles. The number of rotatable bonds is 6. The van der Waals surface area contributed by atoms with Gasteiger partial charge in [-0.15, -0.1) is 0 Å². The van der Waals surface area contributed by atoms with Crippen molar-refractivity contribution in [2.45, 2.75) is 6.42 Å². The van der Waals surface area contributed by atoms with Crippen LogP contribution in [0.15, 0.2) is 41.9 Å². The third-order valence-corrected chi connectivity index (χ3v) is 4.38. The molecule has 0 aliphatic rings. The van der Waals surface area contributed by atoms with E-state index in [1.54, 1.807) is 11.6 Å². The normalized spacial score (nSPS) is 11.0. The molecular formula is C15H13N7O2S. The number of nitro groups is 1. The summed E-state index contributed by atoms with van der Waals surface area (Å²) < 4.78 is 1.47. The van der Waals surface area contributed by atoms with Crippen LogP contribution >= 0.6 is 11.3 Å². The number of anilines is 1. The second kappa shape index (κ2) is 6.32. The SMILES string of the molecule is O=[N+]([O-])c1c(NCCc2nc(-c3ccccc3)n[nH]2)nc2sccn12. The molecule has 1 aromatic carbocycles. The topological polar surface area (TPSA) is 114 Å². The van der Waals surface area contributed by atoms with Crippen LogP contribution in [0.5, 0.6) is 0 Å². The highest BCUT2D eigenvalue weighted by molar-refractivity contribution is 7.15. The summed E-state index contributed by atoms with van der Waals surface area (Å²) in [6.45, 7) is 0.453. The number of nitrogens with one attached hydrogen (secondary N) is 2. The fraction of sp³-hybridized carbons (Fsp3) is 0.133. The van der Waals surface area contributed by atoms with Gasteiger partial charge in [-0.05, 0) is 4.92 Å². The van der Waals surface area contributed by atoms with Crippen molar-refractivity contribution in [3.63, 3.8) is 0 Å². The molecule has 0 saturated carbocycles. The van der Waals surface area contributed by atoms with Gasteiger partial charge in [0.1, 0.15) is 12.0 Å². The van der Waals surface area contributed by atoms with Crippen LogP contribution in [0.3, 0.4) is 0 Å². The van der Waals surface area contributed by atoms with Gasteiger partial charge in [-0.3, -0.25) is 5.10 Å². The first kappa shape index (κ1) is 15.3. The third kappa shape index (κ3) is 2.94. The predicted octanol–water partition coefficient (Wildman–Crippen LogP) is 2.74. The van der Waals surface area contributed by atoms with E-state index in [1.807, 2.05) is 30.3 Å². The highest BCUT2D eigenvalue weighted by Gasteiger charge is 2.23. The Kier molecular flexibility index (Phi) is 3.86. The van der Waals surface area contributed by atoms with Crippen LogP contribution in [0.25, 0.3) is 16.3 Å². The summed E-state index contributed by atoms with van der Waals surface area (Å²) in [4.78, 5) is 20.1. The lowest BCUT2D eigenvalue weighted by atomic mass is 10.2. The van der Waals surface area contributed by atoms with Crippen molar-refractivity contribution in [2.24, 2.45) is 0 Å². The van der Waals surface area contributed by atoms with Gasteiger partial charge in [0.2, 0.25) is 5.82 Å². The van der Waals surface area contributed by atoms with Crippen molar-refractivity contribution in [2.75, 3.05) is 11.9 Å². The Morgan fingerprint density at radius 1 is 1.28 bits per heavy atom. The quantitative estimate of drug-likeness (QED) is 0.406. The standard InChI is InChI=1S/C15H13N7O2S/c23-22(24)14-13(18-15-21(14)8-9-25-15)16-7-6-11-17-12(20-19-11)10-4-2-1-3-5-10/h1-5,8-9,16H,6-7H2,(H,17,19,20). The molecule has 0 aliphatic carbocycles. The molecule has 0 radical (unpaired) electrons. The monoisotopic (exact) mass is 355 g/mol. The van der Waals surface area contributed by atoms with Gasteiger partial charge >= 0.3 is 5.82 Å². The van der Waals surface area contributed by atoms with Crippen LogP contribution in [0.2, 0.25) is 0 Å². The molecule has 9 nitrogen and oxygen atoms in total. The van der Waals surface area contributed by atoms with E-state index < -0.39 is 4.92 Å². The number of fused-ring (bicyclic) bond motifs is 1. The Hall–Kier alpha value is -3.27. The molecule has 0 atom stereocenters. The molecule has 4 aromatic rings. The van der Waals surface area contributed by atoms with Crippen molar-refractivity contribution in [3.8, 4) is 11.4 Å². The number of benzene rings is 1. The molecule has 3 aromatic heterocycles. The van der Waals surface area contributed by atoms with Gasteiger partial charge in [-0.25, -0.2) is 4.98 Å². The number of imidazole rings is 1. The van der Waals surface area contributed by atoms with E-state index in [4.69, 9.17) is 0 Å². The van der Waals surface area contributed by atoms with Gasteiger partial charge in [-0.2, -0.15) is 14.5 Å². The van der Waals surface area contributed by atoms with Crippen LogP contribution in [0.1, 0.15) is 5.82 Å². The summed E-state index contributed by atoms with van der Waals surface area (Å²) in [6.07, 6.45) is 2.18. The number of thiazole rings is 1. The summed E-state index contributed by atoms with van der Waals surface area (Å²) >= 11 is 1.35. The van der Waals surface area contributed by atoms with Crippen LogP contribution in [0.4, 0.5) is 11.6 Å². The fourth-order valence-electron chi connectivity index (χ4n) is 2.49. The first-order valence-electron chi connectivity index (χ1n) is 7.53. The first-order chi connectivity index (χ1) is 12.2. The zero-order chi connectivity index (χ0) is 17.2. The van der Waals surface area contributed by atoms with Crippen molar-refractivity contribution in [1.29, 1.82) is 0 Å². The number of aromatic amines is 1. The summed E-state index contributed by atoms with van der Waals surface area (Å²) in [7, 11) is 0. The van der Waals surface area contributed by atoms with E-state index in [0.29, 0.717) is 29.6 Å². The number of hydrogen-bond donors (Lipinski definition) is 2. The van der Waals surface area contributed by atoms with Gasteiger partial charge in [0.05, 0.1) is 0 Å². The molecule has 0 amide bonds. The predicted molar refractivity (Wildman–Crippen MR) is 93.7 cm³/mol. The lowest BCUT2D eigenvalue weighted by molar-refractivity contribution is -0.389. The maximum Gasteiger partial charge on any atom is 0.372 e. The number of aromatic nitrogens is 5. The average Bonchev–Trinajstić information content (AvgIpc) is 3.31. The maximum absolute atomic E-state index is 11.3. The second-order valence-corrected chi connectivity index (χ2v) is 6.12. The zero-order valence-corrected chi connectivity index (χ0v) is 13.7. The minimum atomic E-state index is -0.434. The van der Waals surface area contributed by atoms with Gasteiger partial charge in [0.15, 0.2) is 5.82 Å². The molecule has 126 valence electrons. The van der Waals surface area contributed by atoms with Crippen molar-refractivity contribution >= 4 is 27.9 Å². The molecule has 0 unspecified atom stereocenters. The minimum Gasteiger partial charge on any atom is -0.362 e. The van der Waals surface area contributed by atoms with E-state index in [-0.39, 0.29) is 11.6 Å². The highest BCUT2D eigenvalue weighted by Crippen LogP contribution is 2.27. The number of nitrogens with zero attached hydrogens (tertiary/aromatic N) is 5. The van der Waals surface area contributed by atoms with E-state index in [9.17, 15) is 10.1 Å². The molecule has 0 bridgehead atoms. The fourth-order valence-corrected chi connectivity index (χ4v) is 3.20. The molecular weight excluding hydrogens is 342 g/mol. The Morgan fingerprint density at radius 2 is 2.12 bits per heavy atom. The van der Waals surface area contributed by atoms with Crippen LogP contribution in [0, 0.1) is 10.1 Å². The molecule has 0 spiro atoms. The van der Waals surface area contributed by atoms with Crippen molar-refractivity contribution in [3.05, 3.63) is 57.8 Å². The summed E-state index contributed by atoms with van der Waals surface area (Å²) in [5.41, 5.74) is 0.933. The molecule has 0 aliphatic heterocycles. The largest absolute Gasteiger partial charge is 0.372 e. The van der Waals surface area contributed by atoms with Crippen molar-refractivity contribution < 1.29 is 4.92 Å². The Bertz CT molecular complexity index is 1020. The molecule has 25 heavy (non-hydrogen) atoms. The van der Waals surface area contributed by atoms with Gasteiger partial charge in [0, 0.05) is 23.9 Å². The first-order valence-corrected chi connectivity index (χ1v) is 8.41. The van der Waals surface area contributed by atoms with E-state index in [2.05, 4.69) is 25.5 Å². The van der Waals surface area contributed by atoms with Gasteiger partial charge in [-0.1, -0.05) is 41.7 Å². The second-order valence-electron chi connectivity index (χ2n) is 5.25. The van der Waals surface area contributed by atoms with Crippen LogP contribution in [-0.2, 0) is 6.42 Å². The zero-order valence-electron chi connectivity index (χ0n) is 12.9. The summed E-state index contributed by atoms with van der Waals surface area (Å²) in [6, 6.07) is 9.66. The Balaban J connectivity index is 1.45. The smallest absolute Gasteiger partial charge is 0.362 e. The van der Waals surface area contributed by atoms with Crippen molar-refractivity contribution in [1.82, 2.24) is 24.6 Å². The summed E-state index contributed by atoms with van der Waals surface area (Å²) in [5.74, 6) is 1.54. The molecule has 2 N–H and O–H groups in total. The lowest BCUT2D eigenvalue weighted by Crippen LogP contribution is -2.08. The molecule has 10 heteroatoms. The number of hydrogen-bond acceptors (Lipinski definition) is 7. The van der Waals surface area contributed by atoms with E-state index in [1.165, 1.54) is 15.7 Å². The minimum absolute atomic E-state index is 0.0567. The number of H-pyrrole nitrogens is 1. The third-order valence-electron chi connectivity index (χ3n) is 3.63. The van der Waals surface area contributed by atoms with Crippen LogP contribution < -0.4 is 5.32 Å². The van der Waals surface area contributed by atoms with Gasteiger partial charge < -0.3 is 15.4 Å². The molecule has 4 rings (SSSR count). The summed E-state index contributed by atoms with van der Waals surface area (Å²) in [5, 5.41) is 23.1. The molecule has 0 saturated heterocycles. The lowest BCUT2D eigenvalue weighted by Gasteiger charge is -2.01. The highest BCUT2D eigenvalue weighted by atomic mass is 32.1. The van der Waals surface area contributed by atoms with E-state index >= 15 is 0 Å². The average molecular weight is 355 g/mol. The Morgan fingerprint density at radius 3 is 2.92 bits per heavy atom. The van der Waals surface area contributed by atoms with Crippen LogP contribution in [-0.4, -0.2) is 36.0 Å². The maximum atomic E-state index is 11.3. The molecule has 0 fully saturated rings. The van der Waals surface area contributed by atoms with E-state index in [0.717, 1.165) is 5.56 Å². The Labute approximate surface area is 145 Å².